The van der Waals surface area contributed by atoms with Gasteiger partial charge in [0.25, 0.3) is 5.91 Å². The molecule has 5 heteroatoms. The van der Waals surface area contributed by atoms with Crippen LogP contribution in [0.15, 0.2) is 0 Å². The fourth-order valence-corrected chi connectivity index (χ4v) is 2.84. The van der Waals surface area contributed by atoms with Crippen LogP contribution >= 0.6 is 0 Å². The average molecular weight is 278 g/mol. The summed E-state index contributed by atoms with van der Waals surface area (Å²) in [6.07, 6.45) is 4.22. The Bertz CT molecular complexity index is 478. The Morgan fingerprint density at radius 3 is 2.90 bits per heavy atom. The highest BCUT2D eigenvalue weighted by molar-refractivity contribution is 5.93. The molecule has 1 aromatic heterocycles. The molecule has 0 aliphatic heterocycles. The van der Waals surface area contributed by atoms with Crippen LogP contribution in [0.5, 0.6) is 0 Å². The van der Waals surface area contributed by atoms with Crippen LogP contribution < -0.4 is 10.6 Å². The predicted octanol–water partition coefficient (Wildman–Crippen LogP) is 1.27. The van der Waals surface area contributed by atoms with E-state index in [9.17, 15) is 4.79 Å². The Balaban J connectivity index is 2.06. The van der Waals surface area contributed by atoms with E-state index in [1.165, 1.54) is 12.1 Å². The summed E-state index contributed by atoms with van der Waals surface area (Å²) < 4.78 is 1.87. The molecule has 1 aliphatic carbocycles. The van der Waals surface area contributed by atoms with Crippen LogP contribution in [0.25, 0.3) is 0 Å². The first-order valence-corrected chi connectivity index (χ1v) is 7.53. The number of fused-ring (bicyclic) bond motifs is 1. The molecular formula is C15H26N4O. The second-order valence-electron chi connectivity index (χ2n) is 6.05. The smallest absolute Gasteiger partial charge is 0.271 e. The molecule has 2 N–H and O–H groups in total. The Morgan fingerprint density at radius 2 is 2.25 bits per heavy atom. The van der Waals surface area contributed by atoms with Crippen molar-refractivity contribution in [2.45, 2.75) is 45.6 Å². The lowest BCUT2D eigenvalue weighted by Crippen LogP contribution is -2.36. The molecule has 112 valence electrons. The standard InChI is InChI=1S/C15H26N4O/c1-10(2)7-8-17-11-5-6-13-12(9-11)14(15(20)16-3)18-19(13)4/h10-11,17H,5-9H2,1-4H3,(H,16,20). The van der Waals surface area contributed by atoms with Crippen molar-refractivity contribution >= 4 is 5.91 Å². The van der Waals surface area contributed by atoms with Gasteiger partial charge in [-0.3, -0.25) is 9.48 Å². The normalized spacial score (nSPS) is 18.1. The number of amides is 1. The van der Waals surface area contributed by atoms with Gasteiger partial charge < -0.3 is 10.6 Å². The lowest BCUT2D eigenvalue weighted by Gasteiger charge is -2.24. The number of hydrogen-bond donors (Lipinski definition) is 2. The first-order chi connectivity index (χ1) is 9.52. The zero-order valence-electron chi connectivity index (χ0n) is 13.0. The van der Waals surface area contributed by atoms with Crippen LogP contribution in [-0.2, 0) is 19.9 Å². The van der Waals surface area contributed by atoms with Crippen LogP contribution in [-0.4, -0.2) is 35.3 Å². The van der Waals surface area contributed by atoms with E-state index in [1.54, 1.807) is 7.05 Å². The minimum atomic E-state index is -0.0790. The zero-order chi connectivity index (χ0) is 14.7. The van der Waals surface area contributed by atoms with E-state index in [0.717, 1.165) is 37.3 Å². The number of nitrogens with one attached hydrogen (secondary N) is 2. The van der Waals surface area contributed by atoms with Crippen molar-refractivity contribution in [1.29, 1.82) is 0 Å². The number of aromatic nitrogens is 2. The number of rotatable bonds is 5. The minimum absolute atomic E-state index is 0.0790. The Morgan fingerprint density at radius 1 is 1.50 bits per heavy atom. The largest absolute Gasteiger partial charge is 0.354 e. The molecule has 0 radical (unpaired) electrons. The lowest BCUT2D eigenvalue weighted by molar-refractivity contribution is 0.0956. The van der Waals surface area contributed by atoms with Crippen LogP contribution in [0.3, 0.4) is 0 Å². The predicted molar refractivity (Wildman–Crippen MR) is 79.9 cm³/mol. The maximum atomic E-state index is 11.9. The Hall–Kier alpha value is -1.36. The Labute approximate surface area is 121 Å². The summed E-state index contributed by atoms with van der Waals surface area (Å²) in [6.45, 7) is 5.53. The quantitative estimate of drug-likeness (QED) is 0.853. The summed E-state index contributed by atoms with van der Waals surface area (Å²) in [5.74, 6) is 0.645. The first kappa shape index (κ1) is 15.0. The van der Waals surface area contributed by atoms with E-state index in [1.807, 2.05) is 11.7 Å². The SMILES string of the molecule is CNC(=O)c1nn(C)c2c1CC(NCCC(C)C)CC2. The van der Waals surface area contributed by atoms with Gasteiger partial charge in [-0.15, -0.1) is 0 Å². The molecule has 0 saturated carbocycles. The minimum Gasteiger partial charge on any atom is -0.354 e. The van der Waals surface area contributed by atoms with Crippen LogP contribution in [0.4, 0.5) is 0 Å². The first-order valence-electron chi connectivity index (χ1n) is 7.53. The number of hydrogen-bond acceptors (Lipinski definition) is 3. The van der Waals surface area contributed by atoms with Crippen LogP contribution in [0, 0.1) is 5.92 Å². The highest BCUT2D eigenvalue weighted by Gasteiger charge is 2.27. The fourth-order valence-electron chi connectivity index (χ4n) is 2.84. The summed E-state index contributed by atoms with van der Waals surface area (Å²) in [6, 6.07) is 0.467. The van der Waals surface area contributed by atoms with E-state index in [4.69, 9.17) is 0 Å². The van der Waals surface area contributed by atoms with Crippen molar-refractivity contribution in [3.05, 3.63) is 17.0 Å². The molecule has 5 nitrogen and oxygen atoms in total. The summed E-state index contributed by atoms with van der Waals surface area (Å²) in [4.78, 5) is 11.9. The van der Waals surface area contributed by atoms with Crippen molar-refractivity contribution in [2.24, 2.45) is 13.0 Å². The molecule has 0 spiro atoms. The molecule has 2 rings (SSSR count). The number of nitrogens with zero attached hydrogens (tertiary/aromatic N) is 2. The third-order valence-electron chi connectivity index (χ3n) is 4.05. The van der Waals surface area contributed by atoms with Crippen molar-refractivity contribution < 1.29 is 4.79 Å². The van der Waals surface area contributed by atoms with E-state index < -0.39 is 0 Å². The summed E-state index contributed by atoms with van der Waals surface area (Å²) in [7, 11) is 3.59. The number of carbonyl (C=O) groups excluding carboxylic acids is 1. The van der Waals surface area contributed by atoms with Gasteiger partial charge in [-0.05, 0) is 38.1 Å². The maximum absolute atomic E-state index is 11.9. The van der Waals surface area contributed by atoms with Gasteiger partial charge in [0.05, 0.1) is 0 Å². The van der Waals surface area contributed by atoms with E-state index in [2.05, 4.69) is 29.6 Å². The van der Waals surface area contributed by atoms with Crippen LogP contribution in [0.1, 0.15) is 48.4 Å². The highest BCUT2D eigenvalue weighted by atomic mass is 16.1. The number of carbonyl (C=O) groups is 1. The summed E-state index contributed by atoms with van der Waals surface area (Å²) >= 11 is 0. The summed E-state index contributed by atoms with van der Waals surface area (Å²) in [5.41, 5.74) is 2.94. The summed E-state index contributed by atoms with van der Waals surface area (Å²) in [5, 5.41) is 10.7. The van der Waals surface area contributed by atoms with E-state index in [-0.39, 0.29) is 5.91 Å². The van der Waals surface area contributed by atoms with Gasteiger partial charge >= 0.3 is 0 Å². The molecule has 20 heavy (non-hydrogen) atoms. The zero-order valence-corrected chi connectivity index (χ0v) is 13.0. The molecule has 1 heterocycles. The molecule has 1 unspecified atom stereocenters. The van der Waals surface area contributed by atoms with Crippen molar-refractivity contribution in [3.63, 3.8) is 0 Å². The molecule has 1 atom stereocenters. The third kappa shape index (κ3) is 3.20. The molecule has 1 aliphatic rings. The number of aryl methyl sites for hydroxylation is 1. The van der Waals surface area contributed by atoms with Gasteiger partial charge in [-0.1, -0.05) is 13.8 Å². The molecular weight excluding hydrogens is 252 g/mol. The van der Waals surface area contributed by atoms with E-state index in [0.29, 0.717) is 11.7 Å². The molecule has 0 fully saturated rings. The lowest BCUT2D eigenvalue weighted by atomic mass is 9.91. The van der Waals surface area contributed by atoms with Gasteiger partial charge in [0, 0.05) is 31.4 Å². The molecule has 0 aromatic carbocycles. The highest BCUT2D eigenvalue weighted by Crippen LogP contribution is 2.24. The molecule has 0 saturated heterocycles. The topological polar surface area (TPSA) is 59.0 Å². The molecule has 1 aromatic rings. The Kier molecular flexibility index (Phi) is 4.81. The van der Waals surface area contributed by atoms with E-state index >= 15 is 0 Å². The molecule has 1 amide bonds. The van der Waals surface area contributed by atoms with Crippen molar-refractivity contribution in [1.82, 2.24) is 20.4 Å². The van der Waals surface area contributed by atoms with Crippen molar-refractivity contribution in [3.8, 4) is 0 Å². The van der Waals surface area contributed by atoms with Gasteiger partial charge in [-0.25, -0.2) is 0 Å². The fraction of sp³-hybridized carbons (Fsp3) is 0.733. The van der Waals surface area contributed by atoms with Gasteiger partial charge in [-0.2, -0.15) is 5.10 Å². The third-order valence-corrected chi connectivity index (χ3v) is 4.05. The monoisotopic (exact) mass is 278 g/mol. The van der Waals surface area contributed by atoms with Gasteiger partial charge in [0.1, 0.15) is 0 Å². The van der Waals surface area contributed by atoms with Crippen molar-refractivity contribution in [2.75, 3.05) is 13.6 Å². The molecule has 0 bridgehead atoms. The van der Waals surface area contributed by atoms with Crippen LogP contribution in [0.2, 0.25) is 0 Å². The average Bonchev–Trinajstić information content (AvgIpc) is 2.74. The van der Waals surface area contributed by atoms with Gasteiger partial charge in [0.2, 0.25) is 0 Å². The maximum Gasteiger partial charge on any atom is 0.271 e. The second kappa shape index (κ2) is 6.39. The second-order valence-corrected chi connectivity index (χ2v) is 6.05. The van der Waals surface area contributed by atoms with Gasteiger partial charge in [0.15, 0.2) is 5.69 Å².